The molecule has 2 nitrogen and oxygen atoms in total. The highest BCUT2D eigenvalue weighted by Crippen LogP contribution is 2.18. The summed E-state index contributed by atoms with van der Waals surface area (Å²) < 4.78 is 5.51. The van der Waals surface area contributed by atoms with Gasteiger partial charge in [0.15, 0.2) is 0 Å². The van der Waals surface area contributed by atoms with Gasteiger partial charge in [-0.1, -0.05) is 56.5 Å². The molecule has 106 valence electrons. The monoisotopic (exact) mass is 262 g/mol. The van der Waals surface area contributed by atoms with Gasteiger partial charge in [0.2, 0.25) is 0 Å². The standard InChI is InChI=1S/C17H26O2/c1-4-5-6-8-11-14(2)19-17(18)15(3)16-12-9-7-10-13-16/h7,9-10,12-15H,4-6,8,11H2,1-3H3/t14-,15-/m1/s1. The molecule has 0 amide bonds. The normalized spacial score (nSPS) is 13.8. The average molecular weight is 262 g/mol. The fraction of sp³-hybridized carbons (Fsp3) is 0.588. The van der Waals surface area contributed by atoms with E-state index >= 15 is 0 Å². The topological polar surface area (TPSA) is 26.3 Å². The van der Waals surface area contributed by atoms with Gasteiger partial charge in [-0.3, -0.25) is 4.79 Å². The Hall–Kier alpha value is -1.31. The van der Waals surface area contributed by atoms with E-state index in [0.29, 0.717) is 0 Å². The minimum Gasteiger partial charge on any atom is -0.462 e. The molecule has 19 heavy (non-hydrogen) atoms. The van der Waals surface area contributed by atoms with Gasteiger partial charge < -0.3 is 4.74 Å². The van der Waals surface area contributed by atoms with Gasteiger partial charge in [0.05, 0.1) is 12.0 Å². The van der Waals surface area contributed by atoms with E-state index in [2.05, 4.69) is 6.92 Å². The number of carbonyl (C=O) groups excluding carboxylic acids is 1. The zero-order chi connectivity index (χ0) is 14.1. The third kappa shape index (κ3) is 5.91. The number of carbonyl (C=O) groups is 1. The SMILES string of the molecule is CCCCCC[C@@H](C)OC(=O)[C@H](C)c1ccccc1. The van der Waals surface area contributed by atoms with Crippen molar-refractivity contribution in [2.75, 3.05) is 0 Å². The van der Waals surface area contributed by atoms with Crippen LogP contribution in [-0.4, -0.2) is 12.1 Å². The number of ether oxygens (including phenoxy) is 1. The lowest BCUT2D eigenvalue weighted by Gasteiger charge is -2.17. The molecule has 1 rings (SSSR count). The summed E-state index contributed by atoms with van der Waals surface area (Å²) in [6, 6.07) is 9.80. The Morgan fingerprint density at radius 3 is 2.42 bits per heavy atom. The van der Waals surface area contributed by atoms with Crippen LogP contribution in [0, 0.1) is 0 Å². The molecule has 0 saturated heterocycles. The highest BCUT2D eigenvalue weighted by atomic mass is 16.5. The summed E-state index contributed by atoms with van der Waals surface area (Å²) in [7, 11) is 0. The van der Waals surface area contributed by atoms with Crippen LogP contribution < -0.4 is 0 Å². The summed E-state index contributed by atoms with van der Waals surface area (Å²) >= 11 is 0. The van der Waals surface area contributed by atoms with Crippen LogP contribution in [0.1, 0.15) is 64.4 Å². The molecule has 0 aliphatic carbocycles. The number of hydrogen-bond acceptors (Lipinski definition) is 2. The summed E-state index contributed by atoms with van der Waals surface area (Å²) in [5.74, 6) is -0.298. The Labute approximate surface area is 117 Å². The van der Waals surface area contributed by atoms with Crippen molar-refractivity contribution in [1.82, 2.24) is 0 Å². The summed E-state index contributed by atoms with van der Waals surface area (Å²) in [5, 5.41) is 0. The maximum Gasteiger partial charge on any atom is 0.313 e. The second-order valence-electron chi connectivity index (χ2n) is 5.23. The van der Waals surface area contributed by atoms with E-state index in [1.807, 2.05) is 44.2 Å². The minimum absolute atomic E-state index is 0.0236. The maximum atomic E-state index is 12.0. The average Bonchev–Trinajstić information content (AvgIpc) is 2.43. The first-order chi connectivity index (χ1) is 9.15. The summed E-state index contributed by atoms with van der Waals surface area (Å²) in [4.78, 5) is 12.0. The lowest BCUT2D eigenvalue weighted by atomic mass is 10.0. The van der Waals surface area contributed by atoms with E-state index in [1.54, 1.807) is 0 Å². The van der Waals surface area contributed by atoms with Crippen molar-refractivity contribution in [3.63, 3.8) is 0 Å². The largest absolute Gasteiger partial charge is 0.462 e. The van der Waals surface area contributed by atoms with Crippen LogP contribution in [0.4, 0.5) is 0 Å². The van der Waals surface area contributed by atoms with Crippen LogP contribution in [0.3, 0.4) is 0 Å². The molecular weight excluding hydrogens is 236 g/mol. The Morgan fingerprint density at radius 2 is 1.79 bits per heavy atom. The van der Waals surface area contributed by atoms with Crippen molar-refractivity contribution in [3.8, 4) is 0 Å². The van der Waals surface area contributed by atoms with Crippen LogP contribution >= 0.6 is 0 Å². The van der Waals surface area contributed by atoms with Crippen molar-refractivity contribution < 1.29 is 9.53 Å². The molecule has 0 heterocycles. The molecule has 0 N–H and O–H groups in total. The van der Waals surface area contributed by atoms with E-state index in [1.165, 1.54) is 19.3 Å². The molecule has 0 bridgehead atoms. The first-order valence-corrected chi connectivity index (χ1v) is 7.40. The summed E-state index contributed by atoms with van der Waals surface area (Å²) in [6.45, 7) is 6.09. The molecule has 0 aliphatic rings. The van der Waals surface area contributed by atoms with Crippen LogP contribution in [-0.2, 0) is 9.53 Å². The predicted molar refractivity (Wildman–Crippen MR) is 79.2 cm³/mol. The van der Waals surface area contributed by atoms with Crippen LogP contribution in [0.2, 0.25) is 0 Å². The van der Waals surface area contributed by atoms with E-state index in [0.717, 1.165) is 18.4 Å². The minimum atomic E-state index is -0.181. The summed E-state index contributed by atoms with van der Waals surface area (Å²) in [6.07, 6.45) is 5.86. The number of rotatable bonds is 8. The van der Waals surface area contributed by atoms with E-state index in [-0.39, 0.29) is 18.0 Å². The second-order valence-corrected chi connectivity index (χ2v) is 5.23. The van der Waals surface area contributed by atoms with Crippen molar-refractivity contribution in [3.05, 3.63) is 35.9 Å². The van der Waals surface area contributed by atoms with Gasteiger partial charge in [-0.15, -0.1) is 0 Å². The smallest absolute Gasteiger partial charge is 0.313 e. The molecule has 0 saturated carbocycles. The lowest BCUT2D eigenvalue weighted by molar-refractivity contribution is -0.150. The van der Waals surface area contributed by atoms with Crippen molar-refractivity contribution in [1.29, 1.82) is 0 Å². The molecular formula is C17H26O2. The van der Waals surface area contributed by atoms with E-state index < -0.39 is 0 Å². The quantitative estimate of drug-likeness (QED) is 0.501. The van der Waals surface area contributed by atoms with Crippen LogP contribution in [0.15, 0.2) is 30.3 Å². The molecule has 0 spiro atoms. The van der Waals surface area contributed by atoms with Crippen molar-refractivity contribution in [2.45, 2.75) is 64.9 Å². The van der Waals surface area contributed by atoms with Crippen LogP contribution in [0.25, 0.3) is 0 Å². The number of unbranched alkanes of at least 4 members (excludes halogenated alkanes) is 3. The fourth-order valence-electron chi connectivity index (χ4n) is 2.10. The van der Waals surface area contributed by atoms with Crippen molar-refractivity contribution >= 4 is 5.97 Å². The third-order valence-electron chi connectivity index (χ3n) is 3.43. The van der Waals surface area contributed by atoms with E-state index in [9.17, 15) is 4.79 Å². The Morgan fingerprint density at radius 1 is 1.11 bits per heavy atom. The maximum absolute atomic E-state index is 12.0. The molecule has 0 aliphatic heterocycles. The van der Waals surface area contributed by atoms with Gasteiger partial charge in [0.25, 0.3) is 0 Å². The molecule has 0 radical (unpaired) electrons. The van der Waals surface area contributed by atoms with E-state index in [4.69, 9.17) is 4.74 Å². The van der Waals surface area contributed by atoms with Gasteiger partial charge >= 0.3 is 5.97 Å². The second kappa shape index (κ2) is 8.73. The molecule has 0 fully saturated rings. The zero-order valence-corrected chi connectivity index (χ0v) is 12.4. The Kier molecular flexibility index (Phi) is 7.24. The molecule has 1 aromatic carbocycles. The predicted octanol–water partition coefficient (Wildman–Crippen LogP) is 4.69. The first kappa shape index (κ1) is 15.7. The number of hydrogen-bond donors (Lipinski definition) is 0. The molecule has 0 unspecified atom stereocenters. The zero-order valence-electron chi connectivity index (χ0n) is 12.4. The summed E-state index contributed by atoms with van der Waals surface area (Å²) in [5.41, 5.74) is 1.02. The first-order valence-electron chi connectivity index (χ1n) is 7.40. The van der Waals surface area contributed by atoms with Gasteiger partial charge in [0.1, 0.15) is 0 Å². The highest BCUT2D eigenvalue weighted by molar-refractivity contribution is 5.77. The van der Waals surface area contributed by atoms with Crippen LogP contribution in [0.5, 0.6) is 0 Å². The molecule has 0 aromatic heterocycles. The Balaban J connectivity index is 2.33. The fourth-order valence-corrected chi connectivity index (χ4v) is 2.10. The van der Waals surface area contributed by atoms with Gasteiger partial charge in [0, 0.05) is 0 Å². The molecule has 1 aromatic rings. The third-order valence-corrected chi connectivity index (χ3v) is 3.43. The highest BCUT2D eigenvalue weighted by Gasteiger charge is 2.18. The van der Waals surface area contributed by atoms with Gasteiger partial charge in [-0.2, -0.15) is 0 Å². The molecule has 2 heteroatoms. The van der Waals surface area contributed by atoms with Gasteiger partial charge in [-0.05, 0) is 32.3 Å². The number of esters is 1. The molecule has 2 atom stereocenters. The Bertz CT molecular complexity index is 359. The van der Waals surface area contributed by atoms with Crippen molar-refractivity contribution in [2.24, 2.45) is 0 Å². The number of benzene rings is 1. The lowest BCUT2D eigenvalue weighted by Crippen LogP contribution is -2.19. The van der Waals surface area contributed by atoms with Gasteiger partial charge in [-0.25, -0.2) is 0 Å².